The van der Waals surface area contributed by atoms with Crippen LogP contribution < -0.4 is 10.1 Å². The Kier molecular flexibility index (Phi) is 6.59. The van der Waals surface area contributed by atoms with Crippen molar-refractivity contribution in [3.63, 3.8) is 0 Å². The lowest BCUT2D eigenvalue weighted by Crippen LogP contribution is -2.10. The van der Waals surface area contributed by atoms with Gasteiger partial charge in [-0.15, -0.1) is 11.3 Å². The van der Waals surface area contributed by atoms with Crippen LogP contribution in [0.4, 0.5) is 5.00 Å². The summed E-state index contributed by atoms with van der Waals surface area (Å²) >= 11 is 4.86. The normalized spacial score (nSPS) is 10.8. The van der Waals surface area contributed by atoms with E-state index in [4.69, 9.17) is 9.47 Å². The molecule has 0 aliphatic carbocycles. The SMILES string of the molecule is CCOC(=O)c1c(NC(C)=O)sc2c(OCc3cc(C)ccc3C)c(Br)ccc12. The summed E-state index contributed by atoms with van der Waals surface area (Å²) in [6, 6.07) is 9.92. The molecule has 1 amide bonds. The van der Waals surface area contributed by atoms with Crippen LogP contribution in [0.2, 0.25) is 0 Å². The van der Waals surface area contributed by atoms with Crippen molar-refractivity contribution in [2.75, 3.05) is 11.9 Å². The maximum Gasteiger partial charge on any atom is 0.341 e. The van der Waals surface area contributed by atoms with Crippen LogP contribution in [0.25, 0.3) is 10.1 Å². The van der Waals surface area contributed by atoms with Gasteiger partial charge in [-0.3, -0.25) is 4.79 Å². The average Bonchev–Trinajstić information content (AvgIpc) is 3.01. The summed E-state index contributed by atoms with van der Waals surface area (Å²) < 4.78 is 12.9. The topological polar surface area (TPSA) is 64.6 Å². The standard InChI is InChI=1S/C22H22BrNO4S/c1-5-27-22(26)18-16-8-9-17(23)19(20(16)29-21(18)24-14(4)25)28-11-15-10-12(2)6-7-13(15)3/h6-10H,5,11H2,1-4H3,(H,24,25). The number of benzene rings is 2. The van der Waals surface area contributed by atoms with E-state index in [0.717, 1.165) is 20.3 Å². The van der Waals surface area contributed by atoms with Crippen molar-refractivity contribution in [3.8, 4) is 5.75 Å². The molecule has 0 aliphatic rings. The fourth-order valence-electron chi connectivity index (χ4n) is 3.01. The van der Waals surface area contributed by atoms with Crippen molar-refractivity contribution in [2.45, 2.75) is 34.3 Å². The third-order valence-corrected chi connectivity index (χ3v) is 6.15. The van der Waals surface area contributed by atoms with Gasteiger partial charge in [-0.25, -0.2) is 4.79 Å². The van der Waals surface area contributed by atoms with Gasteiger partial charge in [0.05, 0.1) is 15.8 Å². The van der Waals surface area contributed by atoms with Gasteiger partial charge in [-0.2, -0.15) is 0 Å². The molecule has 2 aromatic carbocycles. The third-order valence-electron chi connectivity index (χ3n) is 4.41. The highest BCUT2D eigenvalue weighted by Crippen LogP contribution is 2.44. The van der Waals surface area contributed by atoms with Gasteiger partial charge in [0.1, 0.15) is 17.2 Å². The first-order chi connectivity index (χ1) is 13.8. The number of hydrogen-bond acceptors (Lipinski definition) is 5. The number of halogens is 1. The number of anilines is 1. The third kappa shape index (κ3) is 4.62. The van der Waals surface area contributed by atoms with Crippen LogP contribution in [-0.4, -0.2) is 18.5 Å². The number of fused-ring (bicyclic) bond motifs is 1. The second-order valence-electron chi connectivity index (χ2n) is 6.68. The first kappa shape index (κ1) is 21.3. The first-order valence-electron chi connectivity index (χ1n) is 9.20. The van der Waals surface area contributed by atoms with Gasteiger partial charge < -0.3 is 14.8 Å². The van der Waals surface area contributed by atoms with Crippen LogP contribution in [0.5, 0.6) is 5.75 Å². The molecular weight excluding hydrogens is 454 g/mol. The van der Waals surface area contributed by atoms with Crippen molar-refractivity contribution in [1.82, 2.24) is 0 Å². The lowest BCUT2D eigenvalue weighted by atomic mass is 10.1. The summed E-state index contributed by atoms with van der Waals surface area (Å²) in [5.74, 6) is -0.0834. The van der Waals surface area contributed by atoms with Gasteiger partial charge in [0, 0.05) is 12.3 Å². The molecule has 1 aromatic heterocycles. The number of hydrogen-bond donors (Lipinski definition) is 1. The van der Waals surface area contributed by atoms with E-state index < -0.39 is 5.97 Å². The highest BCUT2D eigenvalue weighted by Gasteiger charge is 2.24. The highest BCUT2D eigenvalue weighted by molar-refractivity contribution is 9.10. The summed E-state index contributed by atoms with van der Waals surface area (Å²) in [5.41, 5.74) is 3.76. The zero-order chi connectivity index (χ0) is 21.1. The minimum atomic E-state index is -0.467. The molecule has 0 radical (unpaired) electrons. The molecule has 3 rings (SSSR count). The number of amides is 1. The number of esters is 1. The lowest BCUT2D eigenvalue weighted by Gasteiger charge is -2.12. The molecule has 1 N–H and O–H groups in total. The van der Waals surface area contributed by atoms with E-state index in [-0.39, 0.29) is 12.5 Å². The summed E-state index contributed by atoms with van der Waals surface area (Å²) in [6.45, 7) is 7.90. The Labute approximate surface area is 182 Å². The quantitative estimate of drug-likeness (QED) is 0.444. The van der Waals surface area contributed by atoms with Crippen LogP contribution in [-0.2, 0) is 16.1 Å². The Balaban J connectivity index is 2.07. The molecular formula is C22H22BrNO4S. The van der Waals surface area contributed by atoms with Crippen molar-refractivity contribution < 1.29 is 19.1 Å². The fraction of sp³-hybridized carbons (Fsp3) is 0.273. The van der Waals surface area contributed by atoms with Crippen LogP contribution in [0.3, 0.4) is 0 Å². The zero-order valence-electron chi connectivity index (χ0n) is 16.7. The Morgan fingerprint density at radius 3 is 2.62 bits per heavy atom. The van der Waals surface area contributed by atoms with Crippen molar-refractivity contribution in [3.05, 3.63) is 57.1 Å². The molecule has 0 spiro atoms. The second-order valence-corrected chi connectivity index (χ2v) is 8.55. The largest absolute Gasteiger partial charge is 0.486 e. The van der Waals surface area contributed by atoms with Crippen LogP contribution >= 0.6 is 27.3 Å². The molecule has 7 heteroatoms. The van der Waals surface area contributed by atoms with E-state index in [1.54, 1.807) is 6.92 Å². The van der Waals surface area contributed by atoms with Gasteiger partial charge in [0.25, 0.3) is 0 Å². The van der Waals surface area contributed by atoms with Crippen molar-refractivity contribution >= 4 is 54.2 Å². The Bertz CT molecular complexity index is 1090. The molecule has 0 atom stereocenters. The van der Waals surface area contributed by atoms with Crippen LogP contribution in [0.15, 0.2) is 34.8 Å². The molecule has 3 aromatic rings. The van der Waals surface area contributed by atoms with E-state index in [1.807, 2.05) is 26.0 Å². The van der Waals surface area contributed by atoms with Gasteiger partial charge in [0.15, 0.2) is 5.75 Å². The number of thiophene rings is 1. The lowest BCUT2D eigenvalue weighted by molar-refractivity contribution is -0.114. The number of nitrogens with one attached hydrogen (secondary N) is 1. The molecule has 152 valence electrons. The monoisotopic (exact) mass is 475 g/mol. The molecule has 0 fully saturated rings. The predicted molar refractivity (Wildman–Crippen MR) is 120 cm³/mol. The molecule has 0 saturated heterocycles. The van der Waals surface area contributed by atoms with Gasteiger partial charge in [-0.1, -0.05) is 29.8 Å². The first-order valence-corrected chi connectivity index (χ1v) is 10.8. The Morgan fingerprint density at radius 1 is 1.17 bits per heavy atom. The number of carbonyl (C=O) groups excluding carboxylic acids is 2. The van der Waals surface area contributed by atoms with Gasteiger partial charge in [0.2, 0.25) is 5.91 Å². The number of aryl methyl sites for hydroxylation is 2. The molecule has 0 bridgehead atoms. The number of carbonyl (C=O) groups is 2. The van der Waals surface area contributed by atoms with Gasteiger partial charge >= 0.3 is 5.97 Å². The van der Waals surface area contributed by atoms with Crippen molar-refractivity contribution in [1.29, 1.82) is 0 Å². The Hall–Kier alpha value is -2.38. The van der Waals surface area contributed by atoms with Crippen molar-refractivity contribution in [2.24, 2.45) is 0 Å². The summed E-state index contributed by atoms with van der Waals surface area (Å²) in [4.78, 5) is 24.2. The second kappa shape index (κ2) is 8.97. The van der Waals surface area contributed by atoms with E-state index in [0.29, 0.717) is 28.3 Å². The molecule has 0 aliphatic heterocycles. The number of ether oxygens (including phenoxy) is 2. The smallest absolute Gasteiger partial charge is 0.341 e. The average molecular weight is 476 g/mol. The summed E-state index contributed by atoms with van der Waals surface area (Å²) in [6.07, 6.45) is 0. The predicted octanol–water partition coefficient (Wildman–Crippen LogP) is 5.99. The minimum Gasteiger partial charge on any atom is -0.486 e. The van der Waals surface area contributed by atoms with Gasteiger partial charge in [-0.05, 0) is 53.9 Å². The Morgan fingerprint density at radius 2 is 1.93 bits per heavy atom. The maximum atomic E-state index is 12.6. The van der Waals surface area contributed by atoms with E-state index in [1.165, 1.54) is 23.8 Å². The van der Waals surface area contributed by atoms with Crippen LogP contribution in [0, 0.1) is 13.8 Å². The molecule has 0 saturated carbocycles. The summed E-state index contributed by atoms with van der Waals surface area (Å²) in [5, 5.41) is 3.90. The van der Waals surface area contributed by atoms with E-state index in [9.17, 15) is 9.59 Å². The fourth-order valence-corrected chi connectivity index (χ4v) is 4.82. The summed E-state index contributed by atoms with van der Waals surface area (Å²) in [7, 11) is 0. The molecule has 29 heavy (non-hydrogen) atoms. The number of rotatable bonds is 6. The van der Waals surface area contributed by atoms with Crippen LogP contribution in [0.1, 0.15) is 40.9 Å². The highest BCUT2D eigenvalue weighted by atomic mass is 79.9. The molecule has 0 unspecified atom stereocenters. The van der Waals surface area contributed by atoms with E-state index >= 15 is 0 Å². The zero-order valence-corrected chi connectivity index (χ0v) is 19.1. The molecule has 5 nitrogen and oxygen atoms in total. The maximum absolute atomic E-state index is 12.6. The minimum absolute atomic E-state index is 0.251. The molecule has 1 heterocycles. The van der Waals surface area contributed by atoms with E-state index in [2.05, 4.69) is 39.4 Å².